The summed E-state index contributed by atoms with van der Waals surface area (Å²) in [4.78, 5) is 0. The third-order valence-electron chi connectivity index (χ3n) is 6.66. The molecule has 0 fully saturated rings. The van der Waals surface area contributed by atoms with E-state index < -0.39 is 0 Å². The molecule has 0 spiro atoms. The summed E-state index contributed by atoms with van der Waals surface area (Å²) in [6.07, 6.45) is 7.25. The predicted octanol–water partition coefficient (Wildman–Crippen LogP) is 5.15. The molecular weight excluding hydrogens is 404 g/mol. The van der Waals surface area contributed by atoms with Gasteiger partial charge in [0.1, 0.15) is 0 Å². The molecule has 0 aliphatic rings. The van der Waals surface area contributed by atoms with Crippen molar-refractivity contribution in [1.29, 1.82) is 0 Å². The van der Waals surface area contributed by atoms with Crippen molar-refractivity contribution >= 4 is 32.3 Å². The van der Waals surface area contributed by atoms with E-state index >= 15 is 0 Å². The molecule has 5 N–H and O–H groups in total. The number of hydrogen-bond acceptors (Lipinski definition) is 4. The van der Waals surface area contributed by atoms with Crippen LogP contribution in [-0.2, 0) is 6.54 Å². The van der Waals surface area contributed by atoms with E-state index in [1.807, 2.05) is 0 Å². The van der Waals surface area contributed by atoms with Gasteiger partial charge in [-0.3, -0.25) is 0 Å². The fraction of sp³-hybridized carbons (Fsp3) is 0.448. The Balaban J connectivity index is 1.13. The average molecular weight is 445 g/mol. The summed E-state index contributed by atoms with van der Waals surface area (Å²) in [6, 6.07) is 20.3. The minimum Gasteiger partial charge on any atom is -0.330 e. The standard InChI is InChI=1S/C29H40N4/c30-16-1-2-17-31-18-3-4-19-32-20-5-6-21-33-22-26-13-12-25-11-10-23-8-7-9-24-14-15-27(26)29(25)28(23)24/h7-15,31-33H,1-6,16-22,30H2. The molecule has 4 aromatic rings. The summed E-state index contributed by atoms with van der Waals surface area (Å²) in [6.45, 7) is 7.27. The smallest absolute Gasteiger partial charge is 0.0211 e. The highest BCUT2D eigenvalue weighted by Gasteiger charge is 2.10. The molecule has 0 aliphatic carbocycles. The Kier molecular flexibility index (Phi) is 9.31. The van der Waals surface area contributed by atoms with Crippen molar-refractivity contribution in [3.8, 4) is 0 Å². The monoisotopic (exact) mass is 444 g/mol. The second-order valence-corrected chi connectivity index (χ2v) is 9.17. The lowest BCUT2D eigenvalue weighted by Crippen LogP contribution is -2.21. The molecule has 0 atom stereocenters. The molecule has 176 valence electrons. The van der Waals surface area contributed by atoms with Crippen molar-refractivity contribution in [1.82, 2.24) is 16.0 Å². The van der Waals surface area contributed by atoms with E-state index in [1.54, 1.807) is 0 Å². The molecule has 0 heterocycles. The quantitative estimate of drug-likeness (QED) is 0.143. The summed E-state index contributed by atoms with van der Waals surface area (Å²) in [5.41, 5.74) is 6.91. The number of unbranched alkanes of at least 4 members (excludes halogenated alkanes) is 3. The minimum absolute atomic E-state index is 0.807. The molecule has 0 unspecified atom stereocenters. The van der Waals surface area contributed by atoms with Crippen molar-refractivity contribution in [3.05, 3.63) is 60.2 Å². The van der Waals surface area contributed by atoms with Gasteiger partial charge in [-0.1, -0.05) is 54.6 Å². The normalized spacial score (nSPS) is 11.9. The fourth-order valence-electron chi connectivity index (χ4n) is 4.82. The first-order valence-corrected chi connectivity index (χ1v) is 12.9. The summed E-state index contributed by atoms with van der Waals surface area (Å²) < 4.78 is 0. The minimum atomic E-state index is 0.807. The van der Waals surface area contributed by atoms with Gasteiger partial charge >= 0.3 is 0 Å². The summed E-state index contributed by atoms with van der Waals surface area (Å²) in [7, 11) is 0. The molecule has 33 heavy (non-hydrogen) atoms. The SMILES string of the molecule is NCCCCNCCCCNCCCCNCc1ccc2ccc3cccc4ccc1c2c34. The molecule has 0 bridgehead atoms. The van der Waals surface area contributed by atoms with Crippen molar-refractivity contribution in [2.24, 2.45) is 5.73 Å². The number of hydrogen-bond donors (Lipinski definition) is 4. The Bertz CT molecular complexity index is 1090. The highest BCUT2D eigenvalue weighted by molar-refractivity contribution is 6.23. The maximum absolute atomic E-state index is 5.51. The molecule has 4 nitrogen and oxygen atoms in total. The van der Waals surface area contributed by atoms with Crippen LogP contribution in [0, 0.1) is 0 Å². The third-order valence-corrected chi connectivity index (χ3v) is 6.66. The van der Waals surface area contributed by atoms with E-state index in [2.05, 4.69) is 70.5 Å². The van der Waals surface area contributed by atoms with Gasteiger partial charge in [-0.05, 0) is 116 Å². The van der Waals surface area contributed by atoms with E-state index in [4.69, 9.17) is 5.73 Å². The number of benzene rings is 4. The maximum Gasteiger partial charge on any atom is 0.0211 e. The molecule has 4 aromatic carbocycles. The maximum atomic E-state index is 5.51. The first-order chi connectivity index (χ1) is 16.4. The highest BCUT2D eigenvalue weighted by Crippen LogP contribution is 2.35. The summed E-state index contributed by atoms with van der Waals surface area (Å²) >= 11 is 0. The molecule has 4 rings (SSSR count). The summed E-state index contributed by atoms with van der Waals surface area (Å²) in [5.74, 6) is 0. The van der Waals surface area contributed by atoms with Crippen LogP contribution in [0.15, 0.2) is 54.6 Å². The van der Waals surface area contributed by atoms with Crippen molar-refractivity contribution < 1.29 is 0 Å². The van der Waals surface area contributed by atoms with Crippen molar-refractivity contribution in [2.75, 3.05) is 39.3 Å². The largest absolute Gasteiger partial charge is 0.330 e. The first kappa shape index (κ1) is 23.9. The lowest BCUT2D eigenvalue weighted by molar-refractivity contribution is 0.548. The molecule has 0 aromatic heterocycles. The zero-order valence-electron chi connectivity index (χ0n) is 20.0. The summed E-state index contributed by atoms with van der Waals surface area (Å²) in [5, 5.41) is 19.0. The van der Waals surface area contributed by atoms with Crippen LogP contribution in [0.1, 0.15) is 44.1 Å². The van der Waals surface area contributed by atoms with Gasteiger partial charge < -0.3 is 21.7 Å². The Morgan fingerprint density at radius 2 is 1.03 bits per heavy atom. The van der Waals surface area contributed by atoms with Crippen LogP contribution in [0.5, 0.6) is 0 Å². The zero-order chi connectivity index (χ0) is 22.7. The van der Waals surface area contributed by atoms with E-state index in [9.17, 15) is 0 Å². The number of nitrogens with two attached hydrogens (primary N) is 1. The van der Waals surface area contributed by atoms with E-state index in [0.717, 1.165) is 52.2 Å². The van der Waals surface area contributed by atoms with Crippen LogP contribution in [0.3, 0.4) is 0 Å². The molecular formula is C29H40N4. The molecule has 4 heteroatoms. The second kappa shape index (κ2) is 12.9. The van der Waals surface area contributed by atoms with Gasteiger partial charge in [-0.25, -0.2) is 0 Å². The van der Waals surface area contributed by atoms with E-state index in [0.29, 0.717) is 0 Å². The van der Waals surface area contributed by atoms with Gasteiger partial charge in [0, 0.05) is 6.54 Å². The Morgan fingerprint density at radius 1 is 0.515 bits per heavy atom. The van der Waals surface area contributed by atoms with E-state index in [-0.39, 0.29) is 0 Å². The van der Waals surface area contributed by atoms with Gasteiger partial charge in [0.15, 0.2) is 0 Å². The van der Waals surface area contributed by atoms with Crippen LogP contribution >= 0.6 is 0 Å². The lowest BCUT2D eigenvalue weighted by atomic mass is 9.92. The van der Waals surface area contributed by atoms with Crippen LogP contribution in [0.2, 0.25) is 0 Å². The molecule has 0 aliphatic heterocycles. The van der Waals surface area contributed by atoms with Crippen LogP contribution in [0.4, 0.5) is 0 Å². The molecule has 0 saturated heterocycles. The second-order valence-electron chi connectivity index (χ2n) is 9.17. The predicted molar refractivity (Wildman–Crippen MR) is 144 cm³/mol. The topological polar surface area (TPSA) is 62.1 Å². The lowest BCUT2D eigenvalue weighted by Gasteiger charge is -2.14. The average Bonchev–Trinajstić information content (AvgIpc) is 2.85. The Morgan fingerprint density at radius 3 is 1.67 bits per heavy atom. The highest BCUT2D eigenvalue weighted by atomic mass is 14.9. The third kappa shape index (κ3) is 6.42. The van der Waals surface area contributed by atoms with Crippen molar-refractivity contribution in [2.45, 2.75) is 45.1 Å². The van der Waals surface area contributed by atoms with Gasteiger partial charge in [0.25, 0.3) is 0 Å². The van der Waals surface area contributed by atoms with E-state index in [1.165, 1.54) is 70.0 Å². The zero-order valence-corrected chi connectivity index (χ0v) is 20.0. The number of nitrogens with one attached hydrogen (secondary N) is 3. The van der Waals surface area contributed by atoms with Crippen LogP contribution in [-0.4, -0.2) is 39.3 Å². The first-order valence-electron chi connectivity index (χ1n) is 12.9. The van der Waals surface area contributed by atoms with Crippen LogP contribution in [0.25, 0.3) is 32.3 Å². The fourth-order valence-corrected chi connectivity index (χ4v) is 4.82. The molecule has 0 saturated carbocycles. The van der Waals surface area contributed by atoms with Gasteiger partial charge in [-0.15, -0.1) is 0 Å². The molecule has 0 radical (unpaired) electrons. The molecule has 0 amide bonds. The van der Waals surface area contributed by atoms with Gasteiger partial charge in [0.05, 0.1) is 0 Å². The van der Waals surface area contributed by atoms with Crippen LogP contribution < -0.4 is 21.7 Å². The number of rotatable bonds is 16. The van der Waals surface area contributed by atoms with Gasteiger partial charge in [-0.2, -0.15) is 0 Å². The Labute approximate surface area is 198 Å². The Hall–Kier alpha value is -2.24. The van der Waals surface area contributed by atoms with Crippen molar-refractivity contribution in [3.63, 3.8) is 0 Å². The van der Waals surface area contributed by atoms with Gasteiger partial charge in [0.2, 0.25) is 0 Å².